The van der Waals surface area contributed by atoms with Crippen molar-refractivity contribution in [1.29, 1.82) is 0 Å². The van der Waals surface area contributed by atoms with Gasteiger partial charge < -0.3 is 20.0 Å². The molecule has 0 saturated carbocycles. The summed E-state index contributed by atoms with van der Waals surface area (Å²) >= 11 is 0. The monoisotopic (exact) mass is 210 g/mol. The number of nitrogens with zero attached hydrogens (tertiary/aromatic N) is 3. The fourth-order valence-corrected chi connectivity index (χ4v) is 1.79. The van der Waals surface area contributed by atoms with Gasteiger partial charge in [-0.1, -0.05) is 6.92 Å². The minimum absolute atomic E-state index is 0.443. The second-order valence-corrected chi connectivity index (χ2v) is 3.75. The number of hydrogen-bond donors (Lipinski definition) is 1. The number of likely N-dealkylation sites (N-methyl/N-ethyl adjacent to an activating group) is 1. The average molecular weight is 210 g/mol. The minimum atomic E-state index is 0.443. The summed E-state index contributed by atoms with van der Waals surface area (Å²) in [5, 5.41) is 0. The molecule has 5 heteroatoms. The zero-order valence-electron chi connectivity index (χ0n) is 9.15. The Hall–Kier alpha value is -1.07. The molecule has 5 nitrogen and oxygen atoms in total. The lowest BCUT2D eigenvalue weighted by Gasteiger charge is -2.32. The molecule has 1 aromatic heterocycles. The molecule has 2 rings (SSSR count). The van der Waals surface area contributed by atoms with Gasteiger partial charge in [0.1, 0.15) is 6.26 Å². The first-order chi connectivity index (χ1) is 7.33. The van der Waals surface area contributed by atoms with Crippen molar-refractivity contribution in [3.8, 4) is 0 Å². The lowest BCUT2D eigenvalue weighted by Crippen LogP contribution is -2.46. The maximum Gasteiger partial charge on any atom is 0.297 e. The molecular weight excluding hydrogens is 192 g/mol. The molecule has 0 unspecified atom stereocenters. The van der Waals surface area contributed by atoms with E-state index in [1.807, 2.05) is 0 Å². The highest BCUT2D eigenvalue weighted by molar-refractivity contribution is 5.27. The van der Waals surface area contributed by atoms with Crippen molar-refractivity contribution in [2.45, 2.75) is 13.5 Å². The molecule has 84 valence electrons. The van der Waals surface area contributed by atoms with E-state index < -0.39 is 0 Å². The van der Waals surface area contributed by atoms with Gasteiger partial charge in [0.2, 0.25) is 0 Å². The normalized spacial score (nSPS) is 18.4. The first-order valence-electron chi connectivity index (χ1n) is 5.45. The molecule has 0 bridgehead atoms. The van der Waals surface area contributed by atoms with Crippen molar-refractivity contribution in [1.82, 2.24) is 9.88 Å². The molecule has 1 aromatic rings. The van der Waals surface area contributed by atoms with Crippen molar-refractivity contribution in [2.24, 2.45) is 5.73 Å². The topological polar surface area (TPSA) is 58.5 Å². The van der Waals surface area contributed by atoms with Crippen molar-refractivity contribution < 1.29 is 4.42 Å². The largest absolute Gasteiger partial charge is 0.432 e. The Morgan fingerprint density at radius 3 is 2.67 bits per heavy atom. The van der Waals surface area contributed by atoms with E-state index in [4.69, 9.17) is 10.2 Å². The van der Waals surface area contributed by atoms with Gasteiger partial charge in [-0.15, -0.1) is 0 Å². The summed E-state index contributed by atoms with van der Waals surface area (Å²) in [7, 11) is 0. The van der Waals surface area contributed by atoms with E-state index in [9.17, 15) is 0 Å². The van der Waals surface area contributed by atoms with Gasteiger partial charge in [-0.3, -0.25) is 0 Å². The van der Waals surface area contributed by atoms with Crippen LogP contribution in [0.2, 0.25) is 0 Å². The summed E-state index contributed by atoms with van der Waals surface area (Å²) in [5.74, 6) is 0. The highest BCUT2D eigenvalue weighted by Gasteiger charge is 2.19. The van der Waals surface area contributed by atoms with Gasteiger partial charge >= 0.3 is 0 Å². The number of nitrogens with two attached hydrogens (primary N) is 1. The molecule has 0 radical (unpaired) electrons. The maximum absolute atomic E-state index is 5.49. The lowest BCUT2D eigenvalue weighted by atomic mass is 10.3. The molecule has 0 spiro atoms. The Labute approximate surface area is 89.9 Å². The van der Waals surface area contributed by atoms with E-state index in [-0.39, 0.29) is 0 Å². The average Bonchev–Trinajstić information content (AvgIpc) is 2.78. The predicted octanol–water partition coefficient (Wildman–Crippen LogP) is 0.275. The number of aromatic nitrogens is 1. The summed E-state index contributed by atoms with van der Waals surface area (Å²) in [6.07, 6.45) is 1.64. The standard InChI is InChI=1S/C10H18N4O/c1-2-13-3-5-14(6-4-13)10-12-9(7-11)8-15-10/h8H,2-7,11H2,1H3. The van der Waals surface area contributed by atoms with Gasteiger partial charge in [0.05, 0.1) is 5.69 Å². The van der Waals surface area contributed by atoms with Crippen LogP contribution in [0.3, 0.4) is 0 Å². The molecule has 1 aliphatic rings. The van der Waals surface area contributed by atoms with Gasteiger partial charge in [-0.2, -0.15) is 4.98 Å². The molecule has 0 aromatic carbocycles. The summed E-state index contributed by atoms with van der Waals surface area (Å²) in [6.45, 7) is 7.88. The summed E-state index contributed by atoms with van der Waals surface area (Å²) in [6, 6.07) is 0.714. The third-order valence-corrected chi connectivity index (χ3v) is 2.84. The first-order valence-corrected chi connectivity index (χ1v) is 5.45. The summed E-state index contributed by atoms with van der Waals surface area (Å²) in [4.78, 5) is 8.91. The van der Waals surface area contributed by atoms with E-state index in [2.05, 4.69) is 21.7 Å². The van der Waals surface area contributed by atoms with Crippen LogP contribution in [-0.2, 0) is 6.54 Å². The zero-order chi connectivity index (χ0) is 10.7. The van der Waals surface area contributed by atoms with Crippen LogP contribution in [0, 0.1) is 0 Å². The van der Waals surface area contributed by atoms with Crippen LogP contribution in [-0.4, -0.2) is 42.6 Å². The Kier molecular flexibility index (Phi) is 3.23. The third kappa shape index (κ3) is 2.30. The van der Waals surface area contributed by atoms with Crippen LogP contribution in [0.5, 0.6) is 0 Å². The highest BCUT2D eigenvalue weighted by Crippen LogP contribution is 2.15. The Morgan fingerprint density at radius 1 is 1.40 bits per heavy atom. The summed E-state index contributed by atoms with van der Waals surface area (Å²) < 4.78 is 5.38. The van der Waals surface area contributed by atoms with E-state index in [1.165, 1.54) is 0 Å². The van der Waals surface area contributed by atoms with E-state index in [0.29, 0.717) is 12.6 Å². The van der Waals surface area contributed by atoms with Crippen molar-refractivity contribution in [2.75, 3.05) is 37.6 Å². The van der Waals surface area contributed by atoms with Gasteiger partial charge in [-0.05, 0) is 6.54 Å². The second kappa shape index (κ2) is 4.63. The van der Waals surface area contributed by atoms with Crippen LogP contribution in [0.25, 0.3) is 0 Å². The van der Waals surface area contributed by atoms with Crippen molar-refractivity contribution in [3.05, 3.63) is 12.0 Å². The van der Waals surface area contributed by atoms with Gasteiger partial charge in [0, 0.05) is 32.7 Å². The van der Waals surface area contributed by atoms with Crippen LogP contribution < -0.4 is 10.6 Å². The molecule has 1 saturated heterocycles. The number of anilines is 1. The van der Waals surface area contributed by atoms with Crippen LogP contribution in [0.4, 0.5) is 6.01 Å². The van der Waals surface area contributed by atoms with E-state index >= 15 is 0 Å². The smallest absolute Gasteiger partial charge is 0.297 e. The second-order valence-electron chi connectivity index (χ2n) is 3.75. The Morgan fingerprint density at radius 2 is 2.13 bits per heavy atom. The van der Waals surface area contributed by atoms with E-state index in [0.717, 1.165) is 38.4 Å². The maximum atomic E-state index is 5.49. The fourth-order valence-electron chi connectivity index (χ4n) is 1.79. The molecule has 2 N–H and O–H groups in total. The van der Waals surface area contributed by atoms with Crippen molar-refractivity contribution >= 4 is 6.01 Å². The third-order valence-electron chi connectivity index (χ3n) is 2.84. The van der Waals surface area contributed by atoms with Crippen molar-refractivity contribution in [3.63, 3.8) is 0 Å². The van der Waals surface area contributed by atoms with E-state index in [1.54, 1.807) is 6.26 Å². The number of rotatable bonds is 3. The molecule has 1 fully saturated rings. The Balaban J connectivity index is 1.95. The number of piperazine rings is 1. The molecule has 15 heavy (non-hydrogen) atoms. The SMILES string of the molecule is CCN1CCN(c2nc(CN)co2)CC1. The first kappa shape index (κ1) is 10.4. The molecule has 0 atom stereocenters. The Bertz CT molecular complexity index is 304. The predicted molar refractivity (Wildman–Crippen MR) is 58.7 cm³/mol. The molecule has 0 aliphatic carbocycles. The van der Waals surface area contributed by atoms with Gasteiger partial charge in [0.15, 0.2) is 0 Å². The highest BCUT2D eigenvalue weighted by atomic mass is 16.4. The zero-order valence-corrected chi connectivity index (χ0v) is 9.15. The van der Waals surface area contributed by atoms with Crippen LogP contribution >= 0.6 is 0 Å². The molecule has 0 amide bonds. The lowest BCUT2D eigenvalue weighted by molar-refractivity contribution is 0.265. The van der Waals surface area contributed by atoms with Gasteiger partial charge in [0.25, 0.3) is 6.01 Å². The minimum Gasteiger partial charge on any atom is -0.432 e. The van der Waals surface area contributed by atoms with Crippen LogP contribution in [0.15, 0.2) is 10.7 Å². The van der Waals surface area contributed by atoms with Gasteiger partial charge in [-0.25, -0.2) is 0 Å². The summed E-state index contributed by atoms with van der Waals surface area (Å²) in [5.41, 5.74) is 6.31. The molecule has 2 heterocycles. The quantitative estimate of drug-likeness (QED) is 0.776. The molecular formula is C10H18N4O. The fraction of sp³-hybridized carbons (Fsp3) is 0.700. The van der Waals surface area contributed by atoms with Crippen LogP contribution in [0.1, 0.15) is 12.6 Å². The number of hydrogen-bond acceptors (Lipinski definition) is 5. The molecule has 1 aliphatic heterocycles. The number of oxazole rings is 1.